The van der Waals surface area contributed by atoms with Gasteiger partial charge in [-0.3, -0.25) is 9.13 Å². The van der Waals surface area contributed by atoms with E-state index in [0.29, 0.717) is 17.8 Å². The number of nitrogen functional groups attached to an aromatic ring is 1. The van der Waals surface area contributed by atoms with E-state index < -0.39 is 0 Å². The molecule has 0 bridgehead atoms. The van der Waals surface area contributed by atoms with Gasteiger partial charge in [-0.15, -0.1) is 0 Å². The molecule has 4 nitrogen and oxygen atoms in total. The average molecular weight is 235 g/mol. The Labute approximate surface area is 98.1 Å². The van der Waals surface area contributed by atoms with E-state index in [4.69, 9.17) is 5.73 Å². The molecular weight excluding hydrogens is 221 g/mol. The molecule has 1 aromatic carbocycles. The maximum atomic E-state index is 13.6. The Kier molecular flexibility index (Phi) is 2.99. The van der Waals surface area contributed by atoms with E-state index in [0.717, 1.165) is 0 Å². The first-order valence-electron chi connectivity index (χ1n) is 5.41. The van der Waals surface area contributed by atoms with E-state index in [1.165, 1.54) is 10.6 Å². The summed E-state index contributed by atoms with van der Waals surface area (Å²) in [7, 11) is 0. The quantitative estimate of drug-likeness (QED) is 0.818. The van der Waals surface area contributed by atoms with Crippen LogP contribution < -0.4 is 11.4 Å². The zero-order valence-corrected chi connectivity index (χ0v) is 9.56. The molecule has 0 amide bonds. The molecule has 1 aromatic heterocycles. The number of aromatic nitrogens is 2. The number of rotatable bonds is 3. The largest absolute Gasteiger partial charge is 0.399 e. The van der Waals surface area contributed by atoms with E-state index in [1.807, 2.05) is 6.92 Å². The summed E-state index contributed by atoms with van der Waals surface area (Å²) >= 11 is 0. The van der Waals surface area contributed by atoms with Gasteiger partial charge in [0.25, 0.3) is 0 Å². The van der Waals surface area contributed by atoms with Crippen LogP contribution in [0, 0.1) is 5.82 Å². The van der Waals surface area contributed by atoms with Crippen molar-refractivity contribution in [3.8, 4) is 0 Å². The summed E-state index contributed by atoms with van der Waals surface area (Å²) in [6, 6.07) is 4.48. The fraction of sp³-hybridized carbons (Fsp3) is 0.250. The van der Waals surface area contributed by atoms with Crippen LogP contribution in [0.2, 0.25) is 0 Å². The van der Waals surface area contributed by atoms with Crippen molar-refractivity contribution in [2.24, 2.45) is 0 Å². The maximum Gasteiger partial charge on any atom is 0.328 e. The van der Waals surface area contributed by atoms with Crippen LogP contribution in [0.25, 0.3) is 0 Å². The van der Waals surface area contributed by atoms with Crippen molar-refractivity contribution in [3.63, 3.8) is 0 Å². The Balaban J connectivity index is 2.31. The number of benzene rings is 1. The topological polar surface area (TPSA) is 52.9 Å². The molecule has 0 unspecified atom stereocenters. The van der Waals surface area contributed by atoms with Crippen LogP contribution in [-0.2, 0) is 13.1 Å². The molecule has 90 valence electrons. The number of hydrogen-bond acceptors (Lipinski definition) is 2. The second kappa shape index (κ2) is 4.45. The van der Waals surface area contributed by atoms with Crippen molar-refractivity contribution in [3.05, 3.63) is 52.5 Å². The molecule has 0 radical (unpaired) electrons. The van der Waals surface area contributed by atoms with Crippen LogP contribution >= 0.6 is 0 Å². The minimum atomic E-state index is -0.388. The molecule has 0 aliphatic carbocycles. The third-order valence-corrected chi connectivity index (χ3v) is 2.68. The maximum absolute atomic E-state index is 13.6. The van der Waals surface area contributed by atoms with Gasteiger partial charge in [0.15, 0.2) is 0 Å². The summed E-state index contributed by atoms with van der Waals surface area (Å²) in [6.45, 7) is 2.71. The lowest BCUT2D eigenvalue weighted by Crippen LogP contribution is -2.24. The van der Waals surface area contributed by atoms with Crippen molar-refractivity contribution in [1.29, 1.82) is 0 Å². The second-order valence-electron chi connectivity index (χ2n) is 3.85. The van der Waals surface area contributed by atoms with Gasteiger partial charge >= 0.3 is 5.69 Å². The van der Waals surface area contributed by atoms with E-state index in [-0.39, 0.29) is 18.1 Å². The van der Waals surface area contributed by atoms with E-state index in [9.17, 15) is 9.18 Å². The third kappa shape index (κ3) is 2.22. The zero-order valence-electron chi connectivity index (χ0n) is 9.56. The number of halogens is 1. The molecule has 2 aromatic rings. The van der Waals surface area contributed by atoms with E-state index in [1.54, 1.807) is 29.1 Å². The Morgan fingerprint density at radius 1 is 1.29 bits per heavy atom. The van der Waals surface area contributed by atoms with Gasteiger partial charge in [-0.25, -0.2) is 9.18 Å². The first kappa shape index (κ1) is 11.4. The highest BCUT2D eigenvalue weighted by atomic mass is 19.1. The second-order valence-corrected chi connectivity index (χ2v) is 3.85. The fourth-order valence-corrected chi connectivity index (χ4v) is 1.69. The molecule has 0 saturated carbocycles. The van der Waals surface area contributed by atoms with Gasteiger partial charge in [-0.1, -0.05) is 6.07 Å². The number of nitrogens with zero attached hydrogens (tertiary/aromatic N) is 2. The predicted molar refractivity (Wildman–Crippen MR) is 64.3 cm³/mol. The normalized spacial score (nSPS) is 10.7. The van der Waals surface area contributed by atoms with Gasteiger partial charge in [0.2, 0.25) is 0 Å². The van der Waals surface area contributed by atoms with Crippen molar-refractivity contribution < 1.29 is 4.39 Å². The molecule has 0 fully saturated rings. The van der Waals surface area contributed by atoms with E-state index >= 15 is 0 Å². The number of hydrogen-bond donors (Lipinski definition) is 1. The summed E-state index contributed by atoms with van der Waals surface area (Å²) in [5.41, 5.74) is 6.16. The van der Waals surface area contributed by atoms with Crippen molar-refractivity contribution in [2.45, 2.75) is 20.0 Å². The molecule has 0 spiro atoms. The molecular formula is C12H14FN3O. The van der Waals surface area contributed by atoms with Crippen molar-refractivity contribution in [2.75, 3.05) is 5.73 Å². The lowest BCUT2D eigenvalue weighted by atomic mass is 10.2. The zero-order chi connectivity index (χ0) is 12.4. The Morgan fingerprint density at radius 3 is 2.59 bits per heavy atom. The third-order valence-electron chi connectivity index (χ3n) is 2.68. The molecule has 0 saturated heterocycles. The highest BCUT2D eigenvalue weighted by molar-refractivity contribution is 5.40. The molecule has 2 rings (SSSR count). The molecule has 0 aliphatic heterocycles. The van der Waals surface area contributed by atoms with Gasteiger partial charge in [0.1, 0.15) is 5.82 Å². The molecule has 0 aliphatic rings. The van der Waals surface area contributed by atoms with Gasteiger partial charge in [0, 0.05) is 30.2 Å². The fourth-order valence-electron chi connectivity index (χ4n) is 1.69. The highest BCUT2D eigenvalue weighted by Crippen LogP contribution is 2.12. The van der Waals surface area contributed by atoms with E-state index in [2.05, 4.69) is 0 Å². The first-order valence-corrected chi connectivity index (χ1v) is 5.41. The van der Waals surface area contributed by atoms with Crippen molar-refractivity contribution in [1.82, 2.24) is 9.13 Å². The van der Waals surface area contributed by atoms with Gasteiger partial charge in [-0.2, -0.15) is 0 Å². The van der Waals surface area contributed by atoms with Gasteiger partial charge in [0.05, 0.1) is 6.54 Å². The standard InChI is InChI=1S/C12H14FN3O/c1-2-15-5-6-16(12(15)17)8-9-3-4-10(14)7-11(9)13/h3-7H,2,8,14H2,1H3. The number of aryl methyl sites for hydroxylation is 1. The summed E-state index contributed by atoms with van der Waals surface area (Å²) in [5.74, 6) is -0.388. The SMILES string of the molecule is CCn1ccn(Cc2ccc(N)cc2F)c1=O. The summed E-state index contributed by atoms with van der Waals surface area (Å²) in [4.78, 5) is 11.8. The molecule has 1 heterocycles. The predicted octanol–water partition coefficient (Wildman–Crippen LogP) is 1.44. The number of imidazole rings is 1. The lowest BCUT2D eigenvalue weighted by molar-refractivity contribution is 0.591. The number of nitrogens with two attached hydrogens (primary N) is 1. The van der Waals surface area contributed by atoms with Crippen LogP contribution in [0.5, 0.6) is 0 Å². The van der Waals surface area contributed by atoms with Gasteiger partial charge < -0.3 is 5.73 Å². The summed E-state index contributed by atoms with van der Waals surface area (Å²) in [5, 5.41) is 0. The summed E-state index contributed by atoms with van der Waals surface area (Å²) in [6.07, 6.45) is 3.35. The summed E-state index contributed by atoms with van der Waals surface area (Å²) < 4.78 is 16.6. The molecule has 5 heteroatoms. The van der Waals surface area contributed by atoms with Crippen LogP contribution in [0.4, 0.5) is 10.1 Å². The van der Waals surface area contributed by atoms with Crippen LogP contribution in [0.1, 0.15) is 12.5 Å². The smallest absolute Gasteiger partial charge is 0.328 e. The molecule has 2 N–H and O–H groups in total. The highest BCUT2D eigenvalue weighted by Gasteiger charge is 2.06. The minimum Gasteiger partial charge on any atom is -0.399 e. The average Bonchev–Trinajstić information content (AvgIpc) is 2.64. The molecule has 17 heavy (non-hydrogen) atoms. The van der Waals surface area contributed by atoms with Crippen LogP contribution in [0.3, 0.4) is 0 Å². The van der Waals surface area contributed by atoms with Crippen LogP contribution in [0.15, 0.2) is 35.4 Å². The number of anilines is 1. The van der Waals surface area contributed by atoms with Crippen molar-refractivity contribution >= 4 is 5.69 Å². The Morgan fingerprint density at radius 2 is 2.00 bits per heavy atom. The Hall–Kier alpha value is -2.04. The Bertz CT molecular complexity index is 586. The van der Waals surface area contributed by atoms with Crippen LogP contribution in [-0.4, -0.2) is 9.13 Å². The minimum absolute atomic E-state index is 0.135. The van der Waals surface area contributed by atoms with Gasteiger partial charge in [-0.05, 0) is 19.1 Å². The molecule has 0 atom stereocenters. The first-order chi connectivity index (χ1) is 8.11. The monoisotopic (exact) mass is 235 g/mol. The lowest BCUT2D eigenvalue weighted by Gasteiger charge is -2.04.